The molecule has 80 valence electrons. The first-order valence-corrected chi connectivity index (χ1v) is 4.43. The van der Waals surface area contributed by atoms with E-state index in [1.54, 1.807) is 0 Å². The molecule has 0 saturated carbocycles. The SMILES string of the molecule is CC(C)(C#N)C(O)c1ccc(F)c(F)c1. The van der Waals surface area contributed by atoms with E-state index in [0.29, 0.717) is 0 Å². The van der Waals surface area contributed by atoms with Crippen LogP contribution in [-0.2, 0) is 0 Å². The standard InChI is InChI=1S/C11H11F2NO/c1-11(2,6-14)10(15)7-3-4-8(12)9(13)5-7/h3-5,10,15H,1-2H3. The summed E-state index contributed by atoms with van der Waals surface area (Å²) in [5.41, 5.74) is -0.843. The van der Waals surface area contributed by atoms with Gasteiger partial charge in [0.05, 0.1) is 17.6 Å². The highest BCUT2D eigenvalue weighted by molar-refractivity contribution is 5.23. The van der Waals surface area contributed by atoms with Gasteiger partial charge in [-0.1, -0.05) is 6.07 Å². The number of hydrogen-bond donors (Lipinski definition) is 1. The number of halogens is 2. The van der Waals surface area contributed by atoms with E-state index in [9.17, 15) is 13.9 Å². The van der Waals surface area contributed by atoms with Gasteiger partial charge in [0.25, 0.3) is 0 Å². The fourth-order valence-electron chi connectivity index (χ4n) is 1.16. The molecule has 0 radical (unpaired) electrons. The maximum absolute atomic E-state index is 12.9. The summed E-state index contributed by atoms with van der Waals surface area (Å²) in [4.78, 5) is 0. The lowest BCUT2D eigenvalue weighted by Crippen LogP contribution is -2.20. The minimum atomic E-state index is -1.14. The average Bonchev–Trinajstić information content (AvgIpc) is 2.21. The van der Waals surface area contributed by atoms with Crippen LogP contribution in [0.3, 0.4) is 0 Å². The molecule has 1 N–H and O–H groups in total. The lowest BCUT2D eigenvalue weighted by atomic mass is 9.84. The third-order valence-corrected chi connectivity index (χ3v) is 2.23. The van der Waals surface area contributed by atoms with Gasteiger partial charge in [-0.2, -0.15) is 5.26 Å². The van der Waals surface area contributed by atoms with Crippen LogP contribution in [0, 0.1) is 28.4 Å². The number of nitrogens with zero attached hydrogens (tertiary/aromatic N) is 1. The minimum Gasteiger partial charge on any atom is -0.387 e. The van der Waals surface area contributed by atoms with Gasteiger partial charge in [0.15, 0.2) is 11.6 Å². The Bertz CT molecular complexity index is 410. The van der Waals surface area contributed by atoms with Gasteiger partial charge < -0.3 is 5.11 Å². The van der Waals surface area contributed by atoms with E-state index in [4.69, 9.17) is 5.26 Å². The molecule has 1 unspecified atom stereocenters. The molecular formula is C11H11F2NO. The Morgan fingerprint density at radius 3 is 2.40 bits per heavy atom. The Labute approximate surface area is 86.8 Å². The predicted molar refractivity (Wildman–Crippen MR) is 50.7 cm³/mol. The van der Waals surface area contributed by atoms with Crippen LogP contribution in [0.15, 0.2) is 18.2 Å². The zero-order valence-corrected chi connectivity index (χ0v) is 8.46. The molecule has 0 aromatic heterocycles. The smallest absolute Gasteiger partial charge is 0.159 e. The Morgan fingerprint density at radius 1 is 1.33 bits per heavy atom. The predicted octanol–water partition coefficient (Wildman–Crippen LogP) is 2.55. The van der Waals surface area contributed by atoms with Crippen molar-refractivity contribution >= 4 is 0 Å². The molecule has 1 aromatic carbocycles. The van der Waals surface area contributed by atoms with Crippen molar-refractivity contribution in [3.05, 3.63) is 35.4 Å². The third-order valence-electron chi connectivity index (χ3n) is 2.23. The zero-order chi connectivity index (χ0) is 11.6. The molecule has 0 fully saturated rings. The first-order chi connectivity index (χ1) is 6.88. The van der Waals surface area contributed by atoms with E-state index < -0.39 is 23.2 Å². The Kier molecular flexibility index (Phi) is 3.06. The number of nitriles is 1. The lowest BCUT2D eigenvalue weighted by Gasteiger charge is -2.23. The van der Waals surface area contributed by atoms with Crippen LogP contribution in [0.4, 0.5) is 8.78 Å². The van der Waals surface area contributed by atoms with Crippen molar-refractivity contribution in [3.63, 3.8) is 0 Å². The van der Waals surface area contributed by atoms with E-state index in [1.165, 1.54) is 19.9 Å². The molecule has 0 bridgehead atoms. The summed E-state index contributed by atoms with van der Waals surface area (Å²) in [6.45, 7) is 3.05. The highest BCUT2D eigenvalue weighted by atomic mass is 19.2. The molecule has 4 heteroatoms. The Hall–Kier alpha value is -1.47. The number of rotatable bonds is 2. The molecular weight excluding hydrogens is 200 g/mol. The summed E-state index contributed by atoms with van der Waals surface area (Å²) in [6, 6.07) is 5.01. The highest BCUT2D eigenvalue weighted by Gasteiger charge is 2.29. The van der Waals surface area contributed by atoms with Crippen LogP contribution >= 0.6 is 0 Å². The van der Waals surface area contributed by atoms with Crippen LogP contribution < -0.4 is 0 Å². The third kappa shape index (κ3) is 2.31. The molecule has 0 aliphatic rings. The normalized spacial score (nSPS) is 13.3. The summed E-state index contributed by atoms with van der Waals surface area (Å²) >= 11 is 0. The molecule has 0 saturated heterocycles. The van der Waals surface area contributed by atoms with Crippen molar-refractivity contribution in [1.82, 2.24) is 0 Å². The highest BCUT2D eigenvalue weighted by Crippen LogP contribution is 2.32. The van der Waals surface area contributed by atoms with Gasteiger partial charge in [-0.25, -0.2) is 8.78 Å². The number of aliphatic hydroxyl groups excluding tert-OH is 1. The largest absolute Gasteiger partial charge is 0.387 e. The fourth-order valence-corrected chi connectivity index (χ4v) is 1.16. The van der Waals surface area contributed by atoms with E-state index in [-0.39, 0.29) is 5.56 Å². The molecule has 0 aliphatic heterocycles. The van der Waals surface area contributed by atoms with Crippen molar-refractivity contribution in [2.24, 2.45) is 5.41 Å². The first kappa shape index (κ1) is 11.6. The number of hydrogen-bond acceptors (Lipinski definition) is 2. The van der Waals surface area contributed by atoms with Gasteiger partial charge in [0.1, 0.15) is 0 Å². The monoisotopic (exact) mass is 211 g/mol. The second kappa shape index (κ2) is 3.95. The van der Waals surface area contributed by atoms with Gasteiger partial charge in [-0.15, -0.1) is 0 Å². The maximum Gasteiger partial charge on any atom is 0.159 e. The summed E-state index contributed by atoms with van der Waals surface area (Å²) in [6.07, 6.45) is -1.14. The summed E-state index contributed by atoms with van der Waals surface area (Å²) in [5.74, 6) is -2.00. The number of aliphatic hydroxyl groups is 1. The van der Waals surface area contributed by atoms with Gasteiger partial charge in [0, 0.05) is 0 Å². The number of benzene rings is 1. The van der Waals surface area contributed by atoms with Gasteiger partial charge in [-0.05, 0) is 31.5 Å². The van der Waals surface area contributed by atoms with E-state index in [0.717, 1.165) is 12.1 Å². The van der Waals surface area contributed by atoms with Crippen LogP contribution in [0.25, 0.3) is 0 Å². The molecule has 2 nitrogen and oxygen atoms in total. The fraction of sp³-hybridized carbons (Fsp3) is 0.364. The Morgan fingerprint density at radius 2 is 1.93 bits per heavy atom. The molecule has 0 amide bonds. The summed E-state index contributed by atoms with van der Waals surface area (Å²) in [5, 5.41) is 18.5. The molecule has 0 aliphatic carbocycles. The molecule has 1 atom stereocenters. The molecule has 1 aromatic rings. The van der Waals surface area contributed by atoms with E-state index in [1.807, 2.05) is 6.07 Å². The van der Waals surface area contributed by atoms with Crippen molar-refractivity contribution in [3.8, 4) is 6.07 Å². The van der Waals surface area contributed by atoms with Crippen LogP contribution in [0.5, 0.6) is 0 Å². The van der Waals surface area contributed by atoms with Gasteiger partial charge in [-0.3, -0.25) is 0 Å². The van der Waals surface area contributed by atoms with Crippen LogP contribution in [0.2, 0.25) is 0 Å². The minimum absolute atomic E-state index is 0.195. The van der Waals surface area contributed by atoms with Gasteiger partial charge >= 0.3 is 0 Å². The molecule has 0 spiro atoms. The van der Waals surface area contributed by atoms with Crippen molar-refractivity contribution in [2.75, 3.05) is 0 Å². The van der Waals surface area contributed by atoms with Crippen molar-refractivity contribution in [1.29, 1.82) is 5.26 Å². The van der Waals surface area contributed by atoms with Crippen molar-refractivity contribution < 1.29 is 13.9 Å². The topological polar surface area (TPSA) is 44.0 Å². The van der Waals surface area contributed by atoms with E-state index >= 15 is 0 Å². The average molecular weight is 211 g/mol. The van der Waals surface area contributed by atoms with Crippen LogP contribution in [0.1, 0.15) is 25.5 Å². The Balaban J connectivity index is 3.08. The summed E-state index contributed by atoms with van der Waals surface area (Å²) < 4.78 is 25.5. The lowest BCUT2D eigenvalue weighted by molar-refractivity contribution is 0.0863. The maximum atomic E-state index is 12.9. The van der Waals surface area contributed by atoms with E-state index in [2.05, 4.69) is 0 Å². The van der Waals surface area contributed by atoms with Crippen molar-refractivity contribution in [2.45, 2.75) is 20.0 Å². The molecule has 1 rings (SSSR count). The van der Waals surface area contributed by atoms with Crippen LogP contribution in [-0.4, -0.2) is 5.11 Å². The second-order valence-corrected chi connectivity index (χ2v) is 3.91. The van der Waals surface area contributed by atoms with Gasteiger partial charge in [0.2, 0.25) is 0 Å². The molecule has 0 heterocycles. The molecule has 15 heavy (non-hydrogen) atoms. The zero-order valence-electron chi connectivity index (χ0n) is 8.46. The first-order valence-electron chi connectivity index (χ1n) is 4.43. The summed E-state index contributed by atoms with van der Waals surface area (Å²) in [7, 11) is 0. The quantitative estimate of drug-likeness (QED) is 0.816. The second-order valence-electron chi connectivity index (χ2n) is 3.91.